The van der Waals surface area contributed by atoms with Gasteiger partial charge in [0.05, 0.1) is 26.4 Å². The van der Waals surface area contributed by atoms with Crippen molar-refractivity contribution < 1.29 is 19.4 Å². The smallest absolute Gasteiger partial charge is 0.203 e. The van der Waals surface area contributed by atoms with E-state index in [1.807, 2.05) is 30.3 Å². The van der Waals surface area contributed by atoms with Crippen molar-refractivity contribution in [2.75, 3.05) is 27.1 Å². The van der Waals surface area contributed by atoms with Crippen molar-refractivity contribution in [1.29, 1.82) is 0 Å². The Morgan fingerprint density at radius 1 is 1.08 bits per heavy atom. The van der Waals surface area contributed by atoms with E-state index in [9.17, 15) is 5.21 Å². The second-order valence-corrected chi connectivity index (χ2v) is 6.54. The Morgan fingerprint density at radius 3 is 2.27 bits per heavy atom. The first kappa shape index (κ1) is 18.1. The van der Waals surface area contributed by atoms with Crippen LogP contribution in [0.15, 0.2) is 52.6 Å². The van der Waals surface area contributed by atoms with Crippen LogP contribution in [0.1, 0.15) is 11.1 Å². The molecule has 0 bridgehead atoms. The molecule has 136 valence electrons. The average molecular weight is 372 g/mol. The van der Waals surface area contributed by atoms with Crippen molar-refractivity contribution in [3.8, 4) is 17.2 Å². The quantitative estimate of drug-likeness (QED) is 0.478. The Kier molecular flexibility index (Phi) is 5.68. The maximum absolute atomic E-state index is 9.65. The van der Waals surface area contributed by atoms with Gasteiger partial charge in [-0.1, -0.05) is 35.5 Å². The van der Waals surface area contributed by atoms with Crippen molar-refractivity contribution >= 4 is 22.5 Å². The lowest BCUT2D eigenvalue weighted by atomic mass is 10.0. The van der Waals surface area contributed by atoms with Crippen LogP contribution in [0.25, 0.3) is 0 Å². The number of oxime groups is 1. The van der Waals surface area contributed by atoms with Gasteiger partial charge in [-0.3, -0.25) is 4.99 Å². The zero-order valence-corrected chi connectivity index (χ0v) is 15.6. The van der Waals surface area contributed by atoms with Gasteiger partial charge in [-0.15, -0.1) is 11.8 Å². The lowest BCUT2D eigenvalue weighted by molar-refractivity contribution is 0.316. The molecule has 1 unspecified atom stereocenters. The summed E-state index contributed by atoms with van der Waals surface area (Å²) in [6.45, 7) is 0. The number of nitrogens with zero attached hydrogens (tertiary/aromatic N) is 2. The molecule has 0 aliphatic carbocycles. The van der Waals surface area contributed by atoms with Crippen LogP contribution >= 0.6 is 11.8 Å². The molecule has 1 N–H and O–H groups in total. The summed E-state index contributed by atoms with van der Waals surface area (Å²) in [6.07, 6.45) is 0. The number of hydrogen-bond donors (Lipinski definition) is 1. The molecule has 1 aliphatic heterocycles. The highest BCUT2D eigenvalue weighted by atomic mass is 32.2. The fourth-order valence-electron chi connectivity index (χ4n) is 2.80. The van der Waals surface area contributed by atoms with Gasteiger partial charge >= 0.3 is 0 Å². The van der Waals surface area contributed by atoms with Gasteiger partial charge in [0.1, 0.15) is 11.8 Å². The SMILES string of the molecule is COc1cc(/C(=N\O)C2CSC(c3ccccc3)=N2)cc(OC)c1OC. The molecule has 0 fully saturated rings. The van der Waals surface area contributed by atoms with E-state index in [0.29, 0.717) is 34.3 Å². The zero-order chi connectivity index (χ0) is 18.5. The molecule has 1 atom stereocenters. The van der Waals surface area contributed by atoms with Gasteiger partial charge in [0.2, 0.25) is 5.75 Å². The summed E-state index contributed by atoms with van der Waals surface area (Å²) in [5.74, 6) is 2.19. The van der Waals surface area contributed by atoms with E-state index in [1.54, 1.807) is 45.2 Å². The van der Waals surface area contributed by atoms with E-state index >= 15 is 0 Å². The molecule has 1 aliphatic rings. The first-order valence-corrected chi connectivity index (χ1v) is 8.98. The van der Waals surface area contributed by atoms with Gasteiger partial charge < -0.3 is 19.4 Å². The van der Waals surface area contributed by atoms with Crippen LogP contribution in [0.4, 0.5) is 0 Å². The molecule has 7 heteroatoms. The van der Waals surface area contributed by atoms with Gasteiger partial charge in [-0.05, 0) is 12.1 Å². The number of hydrogen-bond acceptors (Lipinski definition) is 7. The topological polar surface area (TPSA) is 72.6 Å². The Balaban J connectivity index is 1.96. The highest BCUT2D eigenvalue weighted by Crippen LogP contribution is 2.39. The Hall–Kier alpha value is -2.67. The third kappa shape index (κ3) is 3.48. The van der Waals surface area contributed by atoms with Crippen LogP contribution in [-0.4, -0.2) is 49.1 Å². The van der Waals surface area contributed by atoms with Crippen molar-refractivity contribution in [3.05, 3.63) is 53.6 Å². The molecule has 26 heavy (non-hydrogen) atoms. The fraction of sp³-hybridized carbons (Fsp3) is 0.263. The van der Waals surface area contributed by atoms with E-state index < -0.39 is 0 Å². The van der Waals surface area contributed by atoms with Gasteiger partial charge in [0.15, 0.2) is 11.5 Å². The third-order valence-electron chi connectivity index (χ3n) is 4.06. The number of aliphatic imine (C=N–C) groups is 1. The van der Waals surface area contributed by atoms with Gasteiger partial charge in [-0.2, -0.15) is 0 Å². The summed E-state index contributed by atoms with van der Waals surface area (Å²) in [4.78, 5) is 4.74. The van der Waals surface area contributed by atoms with Gasteiger partial charge in [-0.25, -0.2) is 0 Å². The molecular formula is C19H20N2O4S. The number of ether oxygens (including phenoxy) is 3. The average Bonchev–Trinajstić information content (AvgIpc) is 3.18. The van der Waals surface area contributed by atoms with Crippen LogP contribution in [0.2, 0.25) is 0 Å². The molecular weight excluding hydrogens is 352 g/mol. The van der Waals surface area contributed by atoms with Crippen LogP contribution in [0.3, 0.4) is 0 Å². The normalized spacial score (nSPS) is 17.0. The van der Waals surface area contributed by atoms with Crippen molar-refractivity contribution in [2.24, 2.45) is 10.1 Å². The lowest BCUT2D eigenvalue weighted by Crippen LogP contribution is -2.20. The minimum Gasteiger partial charge on any atom is -0.493 e. The number of methoxy groups -OCH3 is 3. The van der Waals surface area contributed by atoms with E-state index in [2.05, 4.69) is 5.16 Å². The van der Waals surface area contributed by atoms with Crippen molar-refractivity contribution in [2.45, 2.75) is 6.04 Å². The van der Waals surface area contributed by atoms with Crippen molar-refractivity contribution in [1.82, 2.24) is 0 Å². The fourth-order valence-corrected chi connectivity index (χ4v) is 3.85. The van der Waals surface area contributed by atoms with Crippen LogP contribution in [-0.2, 0) is 0 Å². The summed E-state index contributed by atoms with van der Waals surface area (Å²) >= 11 is 1.64. The summed E-state index contributed by atoms with van der Waals surface area (Å²) in [7, 11) is 4.65. The minimum absolute atomic E-state index is 0.261. The number of rotatable bonds is 6. The van der Waals surface area contributed by atoms with E-state index in [1.165, 1.54) is 0 Å². The Labute approximate surface area is 156 Å². The largest absolute Gasteiger partial charge is 0.493 e. The first-order valence-electron chi connectivity index (χ1n) is 8.00. The molecule has 0 radical (unpaired) electrons. The second-order valence-electron chi connectivity index (χ2n) is 5.53. The maximum Gasteiger partial charge on any atom is 0.203 e. The maximum atomic E-state index is 9.65. The predicted octanol–water partition coefficient (Wildman–Crippen LogP) is 3.45. The minimum atomic E-state index is -0.261. The summed E-state index contributed by atoms with van der Waals surface area (Å²) in [6, 6.07) is 13.2. The predicted molar refractivity (Wildman–Crippen MR) is 104 cm³/mol. The molecule has 0 saturated heterocycles. The summed E-state index contributed by atoms with van der Waals surface area (Å²) in [5.41, 5.74) is 2.19. The summed E-state index contributed by atoms with van der Waals surface area (Å²) < 4.78 is 16.1. The number of thioether (sulfide) groups is 1. The second kappa shape index (κ2) is 8.14. The molecule has 2 aromatic rings. The molecule has 0 amide bonds. The first-order chi connectivity index (χ1) is 12.7. The van der Waals surface area contributed by atoms with E-state index in [-0.39, 0.29) is 6.04 Å². The van der Waals surface area contributed by atoms with E-state index in [4.69, 9.17) is 19.2 Å². The molecule has 1 heterocycles. The molecule has 0 aromatic heterocycles. The molecule has 0 spiro atoms. The highest BCUT2D eigenvalue weighted by Gasteiger charge is 2.27. The number of benzene rings is 2. The molecule has 2 aromatic carbocycles. The summed E-state index contributed by atoms with van der Waals surface area (Å²) in [5, 5.41) is 14.1. The van der Waals surface area contributed by atoms with Gasteiger partial charge in [0, 0.05) is 16.9 Å². The Bertz CT molecular complexity index is 812. The van der Waals surface area contributed by atoms with E-state index in [0.717, 1.165) is 10.6 Å². The standard InChI is InChI=1S/C19H20N2O4S/c1-23-15-9-13(10-16(24-2)18(15)25-3)17(21-22)14-11-26-19(20-14)12-7-5-4-6-8-12/h4-10,14,22H,11H2,1-3H3/b21-17+. The van der Waals surface area contributed by atoms with Gasteiger partial charge in [0.25, 0.3) is 0 Å². The van der Waals surface area contributed by atoms with Crippen molar-refractivity contribution in [3.63, 3.8) is 0 Å². The molecule has 3 rings (SSSR count). The highest BCUT2D eigenvalue weighted by molar-refractivity contribution is 8.14. The zero-order valence-electron chi connectivity index (χ0n) is 14.8. The van der Waals surface area contributed by atoms with Crippen LogP contribution in [0, 0.1) is 0 Å². The van der Waals surface area contributed by atoms with Crippen LogP contribution < -0.4 is 14.2 Å². The van der Waals surface area contributed by atoms with Crippen LogP contribution in [0.5, 0.6) is 17.2 Å². The lowest BCUT2D eigenvalue weighted by Gasteiger charge is -2.16. The molecule has 0 saturated carbocycles. The monoisotopic (exact) mass is 372 g/mol. The molecule has 6 nitrogen and oxygen atoms in total. The third-order valence-corrected chi connectivity index (χ3v) is 5.15. The Morgan fingerprint density at radius 2 is 1.73 bits per heavy atom.